The molecule has 17 heavy (non-hydrogen) atoms. The molecule has 1 rings (SSSR count). The molecule has 0 aliphatic heterocycles. The Hall–Kier alpha value is -1.04. The predicted octanol–water partition coefficient (Wildman–Crippen LogP) is 2.59. The van der Waals surface area contributed by atoms with Gasteiger partial charge in [-0.1, -0.05) is 23.2 Å². The van der Waals surface area contributed by atoms with Gasteiger partial charge in [-0.15, -0.1) is 0 Å². The van der Waals surface area contributed by atoms with Crippen molar-refractivity contribution in [1.82, 2.24) is 4.90 Å². The quantitative estimate of drug-likeness (QED) is 0.837. The minimum Gasteiger partial charge on any atom is -0.395 e. The van der Waals surface area contributed by atoms with Crippen LogP contribution in [0, 0.1) is 5.82 Å². The van der Waals surface area contributed by atoms with Crippen molar-refractivity contribution >= 4 is 34.9 Å². The van der Waals surface area contributed by atoms with Crippen molar-refractivity contribution in [2.24, 2.45) is 0 Å². The maximum Gasteiger partial charge on any atom is 0.321 e. The Bertz CT molecular complexity index is 429. The number of nitrogens with zero attached hydrogens (tertiary/aromatic N) is 1. The smallest absolute Gasteiger partial charge is 0.321 e. The van der Waals surface area contributed by atoms with Gasteiger partial charge < -0.3 is 15.3 Å². The average Bonchev–Trinajstić information content (AvgIpc) is 2.26. The van der Waals surface area contributed by atoms with Crippen LogP contribution in [0.25, 0.3) is 0 Å². The Kier molecular flexibility index (Phi) is 4.99. The topological polar surface area (TPSA) is 52.6 Å². The first-order chi connectivity index (χ1) is 7.95. The molecule has 0 aliphatic rings. The summed E-state index contributed by atoms with van der Waals surface area (Å²) in [6, 6.07) is 1.70. The number of aliphatic hydroxyl groups excluding tert-OH is 1. The summed E-state index contributed by atoms with van der Waals surface area (Å²) in [7, 11) is 1.47. The lowest BCUT2D eigenvalue weighted by molar-refractivity contribution is 0.202. The van der Waals surface area contributed by atoms with Gasteiger partial charge in [0.05, 0.1) is 22.3 Å². The number of rotatable bonds is 3. The fourth-order valence-electron chi connectivity index (χ4n) is 1.08. The third kappa shape index (κ3) is 3.73. The minimum absolute atomic E-state index is 0.0609. The second kappa shape index (κ2) is 6.05. The largest absolute Gasteiger partial charge is 0.395 e. The highest BCUT2D eigenvalue weighted by molar-refractivity contribution is 6.42. The van der Waals surface area contributed by atoms with Crippen LogP contribution in [-0.4, -0.2) is 36.2 Å². The number of hydrogen-bond donors (Lipinski definition) is 2. The van der Waals surface area contributed by atoms with Gasteiger partial charge in [0.25, 0.3) is 0 Å². The first-order valence-electron chi connectivity index (χ1n) is 4.73. The van der Waals surface area contributed by atoms with Crippen LogP contribution in [0.1, 0.15) is 0 Å². The van der Waals surface area contributed by atoms with E-state index >= 15 is 0 Å². The monoisotopic (exact) mass is 280 g/mol. The van der Waals surface area contributed by atoms with Gasteiger partial charge in [-0.3, -0.25) is 0 Å². The average molecular weight is 281 g/mol. The molecule has 2 N–H and O–H groups in total. The van der Waals surface area contributed by atoms with Gasteiger partial charge in [0, 0.05) is 13.6 Å². The summed E-state index contributed by atoms with van der Waals surface area (Å²) >= 11 is 11.3. The van der Waals surface area contributed by atoms with Crippen LogP contribution in [0.3, 0.4) is 0 Å². The third-order valence-electron chi connectivity index (χ3n) is 2.03. The van der Waals surface area contributed by atoms with E-state index in [0.29, 0.717) is 0 Å². The number of benzene rings is 1. The molecule has 0 aliphatic carbocycles. The fourth-order valence-corrected chi connectivity index (χ4v) is 1.39. The summed E-state index contributed by atoms with van der Waals surface area (Å²) in [5, 5.41) is 11.2. The molecule has 2 amide bonds. The Labute approximate surface area is 108 Å². The van der Waals surface area contributed by atoms with Crippen LogP contribution in [-0.2, 0) is 0 Å². The van der Waals surface area contributed by atoms with Gasteiger partial charge in [-0.25, -0.2) is 9.18 Å². The van der Waals surface area contributed by atoms with Crippen LogP contribution >= 0.6 is 23.2 Å². The number of anilines is 1. The molecule has 0 saturated heterocycles. The summed E-state index contributed by atoms with van der Waals surface area (Å²) in [4.78, 5) is 12.7. The molecule has 1 aromatic rings. The number of nitrogens with one attached hydrogen (secondary N) is 1. The summed E-state index contributed by atoms with van der Waals surface area (Å²) in [6.45, 7) is -0.0252. The predicted molar refractivity (Wildman–Crippen MR) is 65.2 cm³/mol. The highest BCUT2D eigenvalue weighted by Gasteiger charge is 2.13. The molecule has 0 saturated carbocycles. The number of hydrogen-bond acceptors (Lipinski definition) is 2. The molecule has 0 unspecified atom stereocenters. The number of urea groups is 1. The Balaban J connectivity index is 2.81. The maximum atomic E-state index is 13.4. The first kappa shape index (κ1) is 14.0. The summed E-state index contributed by atoms with van der Waals surface area (Å²) in [5.41, 5.74) is -0.0609. The van der Waals surface area contributed by atoms with E-state index in [0.717, 1.165) is 6.07 Å². The van der Waals surface area contributed by atoms with Gasteiger partial charge in [0.15, 0.2) is 0 Å². The van der Waals surface area contributed by atoms with E-state index in [-0.39, 0.29) is 28.9 Å². The van der Waals surface area contributed by atoms with Crippen molar-refractivity contribution < 1.29 is 14.3 Å². The molecule has 0 bridgehead atoms. The van der Waals surface area contributed by atoms with E-state index in [1.165, 1.54) is 18.0 Å². The summed E-state index contributed by atoms with van der Waals surface area (Å²) in [5.74, 6) is -0.676. The van der Waals surface area contributed by atoms with Crippen LogP contribution in [0.5, 0.6) is 0 Å². The molecule has 1 aromatic carbocycles. The first-order valence-corrected chi connectivity index (χ1v) is 5.48. The summed E-state index contributed by atoms with van der Waals surface area (Å²) < 4.78 is 13.4. The van der Waals surface area contributed by atoms with Gasteiger partial charge in [0.1, 0.15) is 5.82 Å². The SMILES string of the molecule is CN(CCO)C(=O)Nc1cc(Cl)c(Cl)cc1F. The lowest BCUT2D eigenvalue weighted by Crippen LogP contribution is -2.33. The van der Waals surface area contributed by atoms with E-state index in [1.54, 1.807) is 0 Å². The lowest BCUT2D eigenvalue weighted by atomic mass is 10.3. The highest BCUT2D eigenvalue weighted by Crippen LogP contribution is 2.28. The number of carbonyl (C=O) groups excluding carboxylic acids is 1. The van der Waals surface area contributed by atoms with Gasteiger partial charge in [-0.05, 0) is 12.1 Å². The van der Waals surface area contributed by atoms with Crippen LogP contribution in [0.4, 0.5) is 14.9 Å². The third-order valence-corrected chi connectivity index (χ3v) is 2.76. The molecule has 0 aromatic heterocycles. The van der Waals surface area contributed by atoms with Gasteiger partial charge in [0.2, 0.25) is 0 Å². The molecule has 0 atom stereocenters. The van der Waals surface area contributed by atoms with Gasteiger partial charge >= 0.3 is 6.03 Å². The number of likely N-dealkylation sites (N-methyl/N-ethyl adjacent to an activating group) is 1. The molecule has 0 spiro atoms. The Morgan fingerprint density at radius 1 is 1.47 bits per heavy atom. The molecular formula is C10H11Cl2FN2O2. The second-order valence-corrected chi connectivity index (χ2v) is 4.14. The van der Waals surface area contributed by atoms with E-state index in [1.807, 2.05) is 0 Å². The molecule has 0 heterocycles. The Morgan fingerprint density at radius 2 is 2.06 bits per heavy atom. The highest BCUT2D eigenvalue weighted by atomic mass is 35.5. The van der Waals surface area contributed by atoms with Crippen molar-refractivity contribution in [3.05, 3.63) is 28.0 Å². The number of halogens is 3. The normalized spacial score (nSPS) is 10.2. The molecule has 0 radical (unpaired) electrons. The van der Waals surface area contributed by atoms with Crippen molar-refractivity contribution in [3.8, 4) is 0 Å². The maximum absolute atomic E-state index is 13.4. The van der Waals surface area contributed by atoms with Crippen LogP contribution in [0.2, 0.25) is 10.0 Å². The van der Waals surface area contributed by atoms with Crippen molar-refractivity contribution in [2.45, 2.75) is 0 Å². The van der Waals surface area contributed by atoms with Crippen molar-refractivity contribution in [2.75, 3.05) is 25.5 Å². The molecule has 7 heteroatoms. The standard InChI is InChI=1S/C10H11Cl2FN2O2/c1-15(2-3-16)10(17)14-9-5-7(12)6(11)4-8(9)13/h4-5,16H,2-3H2,1H3,(H,14,17). The zero-order valence-corrected chi connectivity index (χ0v) is 10.5. The Morgan fingerprint density at radius 3 is 2.65 bits per heavy atom. The van der Waals surface area contributed by atoms with E-state index in [4.69, 9.17) is 28.3 Å². The van der Waals surface area contributed by atoms with Crippen molar-refractivity contribution in [3.63, 3.8) is 0 Å². The van der Waals surface area contributed by atoms with Gasteiger partial charge in [-0.2, -0.15) is 0 Å². The number of carbonyl (C=O) groups is 1. The second-order valence-electron chi connectivity index (χ2n) is 3.32. The minimum atomic E-state index is -0.676. The molecule has 94 valence electrons. The lowest BCUT2D eigenvalue weighted by Gasteiger charge is -2.17. The molecule has 4 nitrogen and oxygen atoms in total. The zero-order valence-electron chi connectivity index (χ0n) is 9.01. The van der Waals surface area contributed by atoms with E-state index in [9.17, 15) is 9.18 Å². The van der Waals surface area contributed by atoms with Crippen molar-refractivity contribution in [1.29, 1.82) is 0 Å². The summed E-state index contributed by atoms with van der Waals surface area (Å²) in [6.07, 6.45) is 0. The van der Waals surface area contributed by atoms with E-state index < -0.39 is 11.8 Å². The van der Waals surface area contributed by atoms with Crippen LogP contribution < -0.4 is 5.32 Å². The number of amides is 2. The fraction of sp³-hybridized carbons (Fsp3) is 0.300. The van der Waals surface area contributed by atoms with Crippen LogP contribution in [0.15, 0.2) is 12.1 Å². The van der Waals surface area contributed by atoms with E-state index in [2.05, 4.69) is 5.32 Å². The zero-order chi connectivity index (χ0) is 13.0. The molecular weight excluding hydrogens is 270 g/mol. The number of aliphatic hydroxyl groups is 1. The molecule has 0 fully saturated rings.